The monoisotopic (exact) mass is 396 g/mol. The highest BCUT2D eigenvalue weighted by Crippen LogP contribution is 2.11. The molecule has 1 unspecified atom stereocenters. The van der Waals surface area contributed by atoms with E-state index in [4.69, 9.17) is 10.5 Å². The molecule has 4 N–H and O–H groups in total. The minimum Gasteiger partial charge on any atom is -0.379 e. The number of amides is 2. The van der Waals surface area contributed by atoms with E-state index in [9.17, 15) is 9.59 Å². The van der Waals surface area contributed by atoms with Gasteiger partial charge in [0.25, 0.3) is 5.91 Å². The third-order valence-corrected chi connectivity index (χ3v) is 4.87. The summed E-state index contributed by atoms with van der Waals surface area (Å²) < 4.78 is 5.31. The molecule has 0 radical (unpaired) electrons. The fourth-order valence-electron chi connectivity index (χ4n) is 3.15. The van der Waals surface area contributed by atoms with Crippen LogP contribution < -0.4 is 16.4 Å². The maximum Gasteiger partial charge on any atom is 0.251 e. The Morgan fingerprint density at radius 2 is 1.72 bits per heavy atom. The minimum absolute atomic E-state index is 0.128. The Bertz CT molecular complexity index is 789. The van der Waals surface area contributed by atoms with Crippen LogP contribution in [0.25, 0.3) is 0 Å². The predicted molar refractivity (Wildman–Crippen MR) is 113 cm³/mol. The molecule has 29 heavy (non-hydrogen) atoms. The summed E-state index contributed by atoms with van der Waals surface area (Å²) in [5.41, 5.74) is 8.19. The molecule has 7 nitrogen and oxygen atoms in total. The number of rotatable bonds is 8. The summed E-state index contributed by atoms with van der Waals surface area (Å²) >= 11 is 0. The van der Waals surface area contributed by atoms with Gasteiger partial charge in [-0.1, -0.05) is 30.3 Å². The standard InChI is InChI=1S/C22H28N4O3/c23-20(16-17-4-2-1-3-5-17)22(28)25-19-8-6-18(7-9-19)21(27)24-10-11-26-12-14-29-15-13-26/h1-9,20H,10-16,23H2,(H,24,27)(H,25,28). The predicted octanol–water partition coefficient (Wildman–Crippen LogP) is 1.26. The lowest BCUT2D eigenvalue weighted by Crippen LogP contribution is -2.41. The van der Waals surface area contributed by atoms with Gasteiger partial charge < -0.3 is 21.1 Å². The SMILES string of the molecule is NC(Cc1ccccc1)C(=O)Nc1ccc(C(=O)NCCN2CCOCC2)cc1. The molecule has 1 aliphatic heterocycles. The van der Waals surface area contributed by atoms with Gasteiger partial charge in [0.1, 0.15) is 0 Å². The molecule has 0 aliphatic carbocycles. The maximum absolute atomic E-state index is 12.3. The van der Waals surface area contributed by atoms with E-state index in [1.807, 2.05) is 30.3 Å². The third kappa shape index (κ3) is 6.67. The normalized spacial score (nSPS) is 15.5. The number of ether oxygens (including phenoxy) is 1. The van der Waals surface area contributed by atoms with Crippen molar-refractivity contribution in [2.75, 3.05) is 44.7 Å². The van der Waals surface area contributed by atoms with Gasteiger partial charge in [-0.2, -0.15) is 0 Å². The van der Waals surface area contributed by atoms with E-state index in [2.05, 4.69) is 15.5 Å². The van der Waals surface area contributed by atoms with Crippen LogP contribution in [0.5, 0.6) is 0 Å². The number of hydrogen-bond acceptors (Lipinski definition) is 5. The molecule has 1 fully saturated rings. The largest absolute Gasteiger partial charge is 0.379 e. The van der Waals surface area contributed by atoms with Gasteiger partial charge in [0.05, 0.1) is 19.3 Å². The smallest absolute Gasteiger partial charge is 0.251 e. The Kier molecular flexibility index (Phi) is 7.75. The number of carbonyl (C=O) groups excluding carboxylic acids is 2. The molecule has 0 spiro atoms. The highest BCUT2D eigenvalue weighted by molar-refractivity contribution is 5.97. The van der Waals surface area contributed by atoms with Crippen LogP contribution in [0.4, 0.5) is 5.69 Å². The number of nitrogens with one attached hydrogen (secondary N) is 2. The number of morpholine rings is 1. The van der Waals surface area contributed by atoms with Crippen molar-refractivity contribution in [2.24, 2.45) is 5.73 Å². The van der Waals surface area contributed by atoms with Gasteiger partial charge in [-0.15, -0.1) is 0 Å². The van der Waals surface area contributed by atoms with Crippen molar-refractivity contribution < 1.29 is 14.3 Å². The number of benzene rings is 2. The van der Waals surface area contributed by atoms with Crippen molar-refractivity contribution in [1.82, 2.24) is 10.2 Å². The second-order valence-electron chi connectivity index (χ2n) is 7.07. The molecule has 2 aromatic rings. The van der Waals surface area contributed by atoms with Crippen LogP contribution >= 0.6 is 0 Å². The van der Waals surface area contributed by atoms with Crippen molar-refractivity contribution in [2.45, 2.75) is 12.5 Å². The average Bonchev–Trinajstić information content (AvgIpc) is 2.75. The van der Waals surface area contributed by atoms with E-state index >= 15 is 0 Å². The van der Waals surface area contributed by atoms with Crippen LogP contribution in [-0.4, -0.2) is 62.1 Å². The first-order chi connectivity index (χ1) is 14.1. The van der Waals surface area contributed by atoms with E-state index in [-0.39, 0.29) is 11.8 Å². The number of nitrogens with zero attached hydrogens (tertiary/aromatic N) is 1. The Balaban J connectivity index is 1.43. The summed E-state index contributed by atoms with van der Waals surface area (Å²) in [6.45, 7) is 4.69. The number of hydrogen-bond donors (Lipinski definition) is 3. The van der Waals surface area contributed by atoms with E-state index in [1.165, 1.54) is 0 Å². The van der Waals surface area contributed by atoms with E-state index in [1.54, 1.807) is 24.3 Å². The van der Waals surface area contributed by atoms with Crippen LogP contribution in [0.2, 0.25) is 0 Å². The highest BCUT2D eigenvalue weighted by atomic mass is 16.5. The summed E-state index contributed by atoms with van der Waals surface area (Å²) in [4.78, 5) is 26.8. The molecule has 1 aliphatic rings. The van der Waals surface area contributed by atoms with E-state index in [0.29, 0.717) is 24.2 Å². The molecule has 154 valence electrons. The van der Waals surface area contributed by atoms with Crippen molar-refractivity contribution in [3.05, 3.63) is 65.7 Å². The molecule has 0 saturated carbocycles. The first-order valence-electron chi connectivity index (χ1n) is 9.90. The zero-order valence-corrected chi connectivity index (χ0v) is 16.5. The third-order valence-electron chi connectivity index (χ3n) is 4.87. The first-order valence-corrected chi connectivity index (χ1v) is 9.90. The van der Waals surface area contributed by atoms with Gasteiger partial charge in [-0.05, 0) is 36.2 Å². The zero-order valence-electron chi connectivity index (χ0n) is 16.5. The van der Waals surface area contributed by atoms with Crippen LogP contribution in [0.3, 0.4) is 0 Å². The molecule has 0 bridgehead atoms. The Labute approximate surface area is 171 Å². The summed E-state index contributed by atoms with van der Waals surface area (Å²) in [6.07, 6.45) is 0.469. The van der Waals surface area contributed by atoms with Gasteiger partial charge in [-0.25, -0.2) is 0 Å². The van der Waals surface area contributed by atoms with E-state index in [0.717, 1.165) is 38.4 Å². The number of anilines is 1. The lowest BCUT2D eigenvalue weighted by Gasteiger charge is -2.26. The Morgan fingerprint density at radius 3 is 2.41 bits per heavy atom. The number of nitrogens with two attached hydrogens (primary N) is 1. The van der Waals surface area contributed by atoms with Gasteiger partial charge in [0.2, 0.25) is 5.91 Å². The molecule has 1 atom stereocenters. The van der Waals surface area contributed by atoms with Gasteiger partial charge in [0.15, 0.2) is 0 Å². The molecule has 1 saturated heterocycles. The molecule has 2 aromatic carbocycles. The number of carbonyl (C=O) groups is 2. The van der Waals surface area contributed by atoms with Crippen LogP contribution in [0, 0.1) is 0 Å². The summed E-state index contributed by atoms with van der Waals surface area (Å²) in [6, 6.07) is 15.8. The topological polar surface area (TPSA) is 96.7 Å². The quantitative estimate of drug-likeness (QED) is 0.624. The second-order valence-corrected chi connectivity index (χ2v) is 7.07. The molecule has 1 heterocycles. The van der Waals surface area contributed by atoms with Crippen LogP contribution in [0.15, 0.2) is 54.6 Å². The molecule has 0 aromatic heterocycles. The lowest BCUT2D eigenvalue weighted by atomic mass is 10.1. The molecule has 7 heteroatoms. The van der Waals surface area contributed by atoms with Gasteiger partial charge >= 0.3 is 0 Å². The summed E-state index contributed by atoms with van der Waals surface area (Å²) in [5, 5.41) is 5.72. The first kappa shape index (κ1) is 21.0. The Morgan fingerprint density at radius 1 is 1.03 bits per heavy atom. The van der Waals surface area contributed by atoms with E-state index < -0.39 is 6.04 Å². The fraction of sp³-hybridized carbons (Fsp3) is 0.364. The van der Waals surface area contributed by atoms with Crippen LogP contribution in [-0.2, 0) is 16.0 Å². The zero-order chi connectivity index (χ0) is 20.5. The highest BCUT2D eigenvalue weighted by Gasteiger charge is 2.15. The van der Waals surface area contributed by atoms with Gasteiger partial charge in [-0.3, -0.25) is 14.5 Å². The minimum atomic E-state index is -0.638. The van der Waals surface area contributed by atoms with Crippen molar-refractivity contribution in [1.29, 1.82) is 0 Å². The van der Waals surface area contributed by atoms with Crippen molar-refractivity contribution >= 4 is 17.5 Å². The molecular weight excluding hydrogens is 368 g/mol. The second kappa shape index (κ2) is 10.7. The summed E-state index contributed by atoms with van der Waals surface area (Å²) in [7, 11) is 0. The fourth-order valence-corrected chi connectivity index (χ4v) is 3.15. The molecule has 3 rings (SSSR count). The Hall–Kier alpha value is -2.74. The van der Waals surface area contributed by atoms with Crippen molar-refractivity contribution in [3.63, 3.8) is 0 Å². The summed E-state index contributed by atoms with van der Waals surface area (Å²) in [5.74, 6) is -0.381. The lowest BCUT2D eigenvalue weighted by molar-refractivity contribution is -0.117. The molecule has 2 amide bonds. The van der Waals surface area contributed by atoms with Gasteiger partial charge in [0, 0.05) is 37.4 Å². The maximum atomic E-state index is 12.3. The van der Waals surface area contributed by atoms with Crippen LogP contribution in [0.1, 0.15) is 15.9 Å². The molecular formula is C22H28N4O3. The average molecular weight is 396 g/mol. The van der Waals surface area contributed by atoms with Crippen molar-refractivity contribution in [3.8, 4) is 0 Å².